The van der Waals surface area contributed by atoms with E-state index in [1.54, 1.807) is 4.90 Å². The van der Waals surface area contributed by atoms with Gasteiger partial charge in [0.05, 0.1) is 9.77 Å². The van der Waals surface area contributed by atoms with Crippen LogP contribution in [0.4, 0.5) is 0 Å². The maximum absolute atomic E-state index is 12.6. The van der Waals surface area contributed by atoms with E-state index in [2.05, 4.69) is 11.6 Å². The van der Waals surface area contributed by atoms with Crippen molar-refractivity contribution in [2.75, 3.05) is 20.1 Å². The molecule has 0 spiro atoms. The Morgan fingerprint density at radius 2 is 2.29 bits per heavy atom. The van der Waals surface area contributed by atoms with Crippen LogP contribution in [0, 0.1) is 5.92 Å². The lowest BCUT2D eigenvalue weighted by Crippen LogP contribution is -2.51. The van der Waals surface area contributed by atoms with Crippen molar-refractivity contribution in [3.63, 3.8) is 0 Å². The van der Waals surface area contributed by atoms with Crippen LogP contribution in [0.1, 0.15) is 29.4 Å². The fourth-order valence-electron chi connectivity index (χ4n) is 2.69. The van der Waals surface area contributed by atoms with Crippen molar-refractivity contribution in [2.24, 2.45) is 11.7 Å². The van der Waals surface area contributed by atoms with Gasteiger partial charge in [-0.2, -0.15) is 0 Å². The molecule has 8 heteroatoms. The number of carbonyl (C=O) groups is 1. The molecule has 0 aromatic carbocycles. The second-order valence-electron chi connectivity index (χ2n) is 5.28. The van der Waals surface area contributed by atoms with Gasteiger partial charge in [-0.3, -0.25) is 4.79 Å². The summed E-state index contributed by atoms with van der Waals surface area (Å²) in [6, 6.07) is 1.46. The Hall–Kier alpha value is -0.960. The van der Waals surface area contributed by atoms with Crippen LogP contribution < -0.4 is 10.5 Å². The van der Waals surface area contributed by atoms with Gasteiger partial charge >= 0.3 is 0 Å². The lowest BCUT2D eigenvalue weighted by atomic mass is 9.90. The predicted octanol–water partition coefficient (Wildman–Crippen LogP) is 0.856. The van der Waals surface area contributed by atoms with Gasteiger partial charge in [-0.25, -0.2) is 13.1 Å². The molecule has 0 bridgehead atoms. The molecule has 2 heterocycles. The first-order chi connectivity index (χ1) is 9.90. The first kappa shape index (κ1) is 16.4. The van der Waals surface area contributed by atoms with Gasteiger partial charge in [-0.15, -0.1) is 11.3 Å². The van der Waals surface area contributed by atoms with Crippen LogP contribution in [0.2, 0.25) is 0 Å². The molecule has 1 amide bonds. The molecule has 118 valence electrons. The van der Waals surface area contributed by atoms with Crippen molar-refractivity contribution in [2.45, 2.75) is 30.7 Å². The second kappa shape index (κ2) is 6.43. The topological polar surface area (TPSA) is 92.5 Å². The van der Waals surface area contributed by atoms with Crippen LogP contribution in [-0.4, -0.2) is 45.4 Å². The zero-order valence-electron chi connectivity index (χ0n) is 12.2. The number of likely N-dealkylation sites (tertiary alicyclic amines) is 1. The predicted molar refractivity (Wildman–Crippen MR) is 82.8 cm³/mol. The van der Waals surface area contributed by atoms with Gasteiger partial charge < -0.3 is 10.6 Å². The minimum absolute atomic E-state index is 0.0257. The summed E-state index contributed by atoms with van der Waals surface area (Å²) in [5, 5.41) is 1.49. The molecular weight excluding hydrogens is 310 g/mol. The molecular formula is C13H21N3O3S2. The minimum atomic E-state index is -3.51. The van der Waals surface area contributed by atoms with Crippen LogP contribution in [-0.2, 0) is 10.0 Å². The Kier molecular flexibility index (Phi) is 5.03. The molecule has 0 saturated carbocycles. The Morgan fingerprint density at radius 3 is 2.90 bits per heavy atom. The van der Waals surface area contributed by atoms with E-state index in [1.807, 2.05) is 0 Å². The molecule has 6 nitrogen and oxygen atoms in total. The molecule has 1 aliphatic heterocycles. The SMILES string of the molecule is CNS(=O)(=O)c1csc(C(=O)N2CCC[C@@H](C)[C@H]2CN)c1. The second-order valence-corrected chi connectivity index (χ2v) is 8.07. The number of carbonyl (C=O) groups excluding carboxylic acids is 1. The number of hydrogen-bond acceptors (Lipinski definition) is 5. The molecule has 0 aliphatic carbocycles. The van der Waals surface area contributed by atoms with E-state index in [4.69, 9.17) is 5.73 Å². The monoisotopic (exact) mass is 331 g/mol. The molecule has 1 aromatic rings. The molecule has 2 atom stereocenters. The molecule has 0 unspecified atom stereocenters. The molecule has 1 aromatic heterocycles. The molecule has 0 radical (unpaired) electrons. The quantitative estimate of drug-likeness (QED) is 0.856. The van der Waals surface area contributed by atoms with Gasteiger partial charge in [0.15, 0.2) is 0 Å². The normalized spacial score (nSPS) is 23.3. The summed E-state index contributed by atoms with van der Waals surface area (Å²) >= 11 is 1.16. The first-order valence-electron chi connectivity index (χ1n) is 6.94. The largest absolute Gasteiger partial charge is 0.333 e. The summed E-state index contributed by atoms with van der Waals surface area (Å²) in [7, 11) is -2.15. The van der Waals surface area contributed by atoms with Crippen molar-refractivity contribution >= 4 is 27.3 Å². The molecule has 3 N–H and O–H groups in total. The Morgan fingerprint density at radius 1 is 1.57 bits per heavy atom. The molecule has 21 heavy (non-hydrogen) atoms. The number of amides is 1. The van der Waals surface area contributed by atoms with Crippen molar-refractivity contribution in [3.8, 4) is 0 Å². The summed E-state index contributed by atoms with van der Waals surface area (Å²) in [6.45, 7) is 3.21. The average Bonchev–Trinajstić information content (AvgIpc) is 2.96. The number of nitrogens with two attached hydrogens (primary N) is 1. The summed E-state index contributed by atoms with van der Waals surface area (Å²) < 4.78 is 25.7. The Labute approximate surface area is 129 Å². The highest BCUT2D eigenvalue weighted by molar-refractivity contribution is 7.89. The van der Waals surface area contributed by atoms with Crippen molar-refractivity contribution in [1.29, 1.82) is 0 Å². The zero-order valence-corrected chi connectivity index (χ0v) is 13.8. The highest BCUT2D eigenvalue weighted by Crippen LogP contribution is 2.27. The summed E-state index contributed by atoms with van der Waals surface area (Å²) in [4.78, 5) is 15.0. The van der Waals surface area contributed by atoms with Crippen LogP contribution in [0.5, 0.6) is 0 Å². The summed E-state index contributed by atoms with van der Waals surface area (Å²) in [5.41, 5.74) is 5.80. The number of thiophene rings is 1. The van der Waals surface area contributed by atoms with Crippen LogP contribution in [0.25, 0.3) is 0 Å². The molecule has 2 rings (SSSR count). The number of sulfonamides is 1. The maximum atomic E-state index is 12.6. The van der Waals surface area contributed by atoms with Crippen molar-refractivity contribution in [3.05, 3.63) is 16.3 Å². The average molecular weight is 331 g/mol. The van der Waals surface area contributed by atoms with Gasteiger partial charge in [0, 0.05) is 24.5 Å². The third kappa shape index (κ3) is 3.28. The van der Waals surface area contributed by atoms with E-state index >= 15 is 0 Å². The van der Waals surface area contributed by atoms with Crippen molar-refractivity contribution in [1.82, 2.24) is 9.62 Å². The van der Waals surface area contributed by atoms with Crippen molar-refractivity contribution < 1.29 is 13.2 Å². The third-order valence-electron chi connectivity index (χ3n) is 3.98. The number of hydrogen-bond donors (Lipinski definition) is 2. The fourth-order valence-corrected chi connectivity index (χ4v) is 4.65. The van der Waals surface area contributed by atoms with E-state index in [0.717, 1.165) is 24.2 Å². The zero-order chi connectivity index (χ0) is 15.6. The smallest absolute Gasteiger partial charge is 0.264 e. The summed E-state index contributed by atoms with van der Waals surface area (Å²) in [6.07, 6.45) is 2.02. The van der Waals surface area contributed by atoms with Crippen LogP contribution in [0.15, 0.2) is 16.3 Å². The highest BCUT2D eigenvalue weighted by Gasteiger charge is 2.32. The van der Waals surface area contributed by atoms with Gasteiger partial charge in [-0.05, 0) is 31.9 Å². The van der Waals surface area contributed by atoms with Crippen LogP contribution in [0.3, 0.4) is 0 Å². The number of piperidine rings is 1. The summed E-state index contributed by atoms with van der Waals surface area (Å²) in [5.74, 6) is 0.243. The van der Waals surface area contributed by atoms with E-state index in [-0.39, 0.29) is 16.8 Å². The number of nitrogens with one attached hydrogen (secondary N) is 1. The van der Waals surface area contributed by atoms with E-state index in [0.29, 0.717) is 23.9 Å². The highest BCUT2D eigenvalue weighted by atomic mass is 32.2. The molecule has 1 saturated heterocycles. The first-order valence-corrected chi connectivity index (χ1v) is 9.30. The molecule has 1 fully saturated rings. The van der Waals surface area contributed by atoms with Gasteiger partial charge in [-0.1, -0.05) is 6.92 Å². The van der Waals surface area contributed by atoms with Gasteiger partial charge in [0.2, 0.25) is 10.0 Å². The maximum Gasteiger partial charge on any atom is 0.264 e. The number of nitrogens with zero attached hydrogens (tertiary/aromatic N) is 1. The lowest BCUT2D eigenvalue weighted by molar-refractivity contribution is 0.0537. The fraction of sp³-hybridized carbons (Fsp3) is 0.615. The van der Waals surface area contributed by atoms with Crippen LogP contribution >= 0.6 is 11.3 Å². The van der Waals surface area contributed by atoms with E-state index in [1.165, 1.54) is 18.5 Å². The lowest BCUT2D eigenvalue weighted by Gasteiger charge is -2.39. The molecule has 1 aliphatic rings. The Balaban J connectivity index is 2.24. The third-order valence-corrected chi connectivity index (χ3v) is 6.44. The van der Waals surface area contributed by atoms with E-state index in [9.17, 15) is 13.2 Å². The van der Waals surface area contributed by atoms with E-state index < -0.39 is 10.0 Å². The number of rotatable bonds is 4. The standard InChI is InChI=1S/C13H21N3O3S2/c1-9-4-3-5-16(11(9)7-14)13(17)12-6-10(8-20-12)21(18,19)15-2/h6,8-9,11,15H,3-5,7,14H2,1-2H3/t9-,11-/m1/s1. The van der Waals surface area contributed by atoms with Gasteiger partial charge in [0.1, 0.15) is 0 Å². The Bertz CT molecular complexity index is 612. The minimum Gasteiger partial charge on any atom is -0.333 e. The van der Waals surface area contributed by atoms with Gasteiger partial charge in [0.25, 0.3) is 5.91 Å².